The Balaban J connectivity index is 1.37. The molecular weight excluding hydrogens is 523 g/mol. The second-order valence-electron chi connectivity index (χ2n) is 8.96. The van der Waals surface area contributed by atoms with Gasteiger partial charge in [0, 0.05) is 36.4 Å². The van der Waals surface area contributed by atoms with Crippen LogP contribution in [0.3, 0.4) is 0 Å². The molecule has 1 amide bonds. The van der Waals surface area contributed by atoms with Gasteiger partial charge in [-0.3, -0.25) is 4.79 Å². The highest BCUT2D eigenvalue weighted by Gasteiger charge is 2.48. The first-order chi connectivity index (χ1) is 18.2. The minimum Gasteiger partial charge on any atom is -0.324 e. The van der Waals surface area contributed by atoms with E-state index in [9.17, 15) is 18.0 Å². The Morgan fingerprint density at radius 2 is 1.95 bits per heavy atom. The lowest BCUT2D eigenvalue weighted by molar-refractivity contribution is -0.117. The first-order valence-corrected chi connectivity index (χ1v) is 11.7. The van der Waals surface area contributed by atoms with Crippen molar-refractivity contribution < 1.29 is 18.0 Å². The molecule has 5 heterocycles. The zero-order valence-electron chi connectivity index (χ0n) is 19.6. The van der Waals surface area contributed by atoms with Crippen molar-refractivity contribution in [3.8, 4) is 11.5 Å². The third kappa shape index (κ3) is 3.86. The summed E-state index contributed by atoms with van der Waals surface area (Å²) in [6.45, 7) is -1.09. The van der Waals surface area contributed by atoms with E-state index in [4.69, 9.17) is 11.6 Å². The molecule has 0 bridgehead atoms. The predicted octanol–water partition coefficient (Wildman–Crippen LogP) is 4.40. The number of halogens is 4. The van der Waals surface area contributed by atoms with Crippen LogP contribution in [0.2, 0.25) is 5.02 Å². The van der Waals surface area contributed by atoms with E-state index in [0.29, 0.717) is 33.1 Å². The van der Waals surface area contributed by atoms with Crippen LogP contribution >= 0.6 is 11.6 Å². The molecule has 0 radical (unpaired) electrons. The predicted molar refractivity (Wildman–Crippen MR) is 129 cm³/mol. The average molecular weight is 540 g/mol. The Hall–Kier alpha value is -4.39. The molecule has 1 aliphatic rings. The topological polar surface area (TPSA) is 116 Å². The number of hydrogen-bond acceptors (Lipinski definition) is 7. The number of carbonyl (C=O) groups excluding carboxylic acids is 1. The molecule has 192 valence electrons. The zero-order valence-corrected chi connectivity index (χ0v) is 20.3. The van der Waals surface area contributed by atoms with Crippen LogP contribution in [-0.2, 0) is 10.2 Å². The normalized spacial score (nSPS) is 18.7. The Morgan fingerprint density at radius 3 is 2.66 bits per heavy atom. The number of alkyl halides is 2. The summed E-state index contributed by atoms with van der Waals surface area (Å²) in [5.74, 6) is -1.63. The molecule has 14 heteroatoms. The van der Waals surface area contributed by atoms with Crippen molar-refractivity contribution in [3.05, 3.63) is 83.2 Å². The summed E-state index contributed by atoms with van der Waals surface area (Å²) in [6.07, 6.45) is 7.34. The maximum Gasteiger partial charge on any atom is 0.333 e. The van der Waals surface area contributed by atoms with Gasteiger partial charge in [0.1, 0.15) is 5.69 Å². The van der Waals surface area contributed by atoms with Gasteiger partial charge in [-0.1, -0.05) is 11.6 Å². The number of carbonyl (C=O) groups is 1. The molecule has 6 rings (SSSR count). The number of nitrogens with zero attached hydrogens (tertiary/aromatic N) is 8. The molecule has 1 aliphatic carbocycles. The lowest BCUT2D eigenvalue weighted by atomic mass is 9.82. The molecule has 0 saturated carbocycles. The van der Waals surface area contributed by atoms with Gasteiger partial charge < -0.3 is 5.32 Å². The molecule has 38 heavy (non-hydrogen) atoms. The molecule has 0 unspecified atom stereocenters. The second kappa shape index (κ2) is 8.87. The van der Waals surface area contributed by atoms with Crippen LogP contribution in [0.4, 0.5) is 18.9 Å². The Bertz CT molecular complexity index is 1690. The van der Waals surface area contributed by atoms with E-state index >= 15 is 0 Å². The van der Waals surface area contributed by atoms with Crippen molar-refractivity contribution in [3.63, 3.8) is 0 Å². The lowest BCUT2D eigenvalue weighted by Gasteiger charge is -2.23. The van der Waals surface area contributed by atoms with Gasteiger partial charge in [0.05, 0.1) is 39.6 Å². The van der Waals surface area contributed by atoms with Crippen molar-refractivity contribution in [1.82, 2.24) is 39.3 Å². The third-order valence-electron chi connectivity index (χ3n) is 6.57. The van der Waals surface area contributed by atoms with Crippen LogP contribution in [-0.4, -0.2) is 45.2 Å². The van der Waals surface area contributed by atoms with Crippen molar-refractivity contribution in [1.29, 1.82) is 0 Å². The van der Waals surface area contributed by atoms with Gasteiger partial charge in [0.2, 0.25) is 11.9 Å². The van der Waals surface area contributed by atoms with Gasteiger partial charge in [0.15, 0.2) is 11.5 Å². The fourth-order valence-electron chi connectivity index (χ4n) is 4.86. The quantitative estimate of drug-likeness (QED) is 0.352. The highest BCUT2D eigenvalue weighted by atomic mass is 35.5. The number of aromatic nitrogens is 8. The summed E-state index contributed by atoms with van der Waals surface area (Å²) in [5, 5.41) is 11.0. The van der Waals surface area contributed by atoms with Gasteiger partial charge in [-0.15, -0.1) is 5.10 Å². The minimum absolute atomic E-state index is 0.147. The van der Waals surface area contributed by atoms with E-state index in [1.807, 2.05) is 0 Å². The van der Waals surface area contributed by atoms with Crippen molar-refractivity contribution >= 4 is 28.8 Å². The summed E-state index contributed by atoms with van der Waals surface area (Å²) in [7, 11) is 0. The number of nitrogens with one attached hydrogen (secondary N) is 1. The first kappa shape index (κ1) is 24.0. The Labute approximate surface area is 217 Å². The van der Waals surface area contributed by atoms with Crippen LogP contribution in [0.1, 0.15) is 42.8 Å². The van der Waals surface area contributed by atoms with Crippen LogP contribution < -0.4 is 5.32 Å². The van der Waals surface area contributed by atoms with Crippen LogP contribution in [0, 0.1) is 5.95 Å². The molecule has 0 saturated heterocycles. The molecule has 2 atom stereocenters. The molecule has 0 aliphatic heterocycles. The number of rotatable bonds is 5. The first-order valence-electron chi connectivity index (χ1n) is 11.4. The van der Waals surface area contributed by atoms with Gasteiger partial charge in [0.25, 0.3) is 0 Å². The highest BCUT2D eigenvalue weighted by Crippen LogP contribution is 2.49. The molecule has 0 spiro atoms. The molecule has 5 aromatic heterocycles. The number of hydrogen-bond donors (Lipinski definition) is 1. The number of fused-ring (bicyclic) bond motifs is 3. The van der Waals surface area contributed by atoms with Crippen LogP contribution in [0.15, 0.2) is 55.2 Å². The molecule has 0 fully saturated rings. The smallest absolute Gasteiger partial charge is 0.324 e. The molecule has 0 aromatic carbocycles. The standard InChI is InChI=1S/C24H17ClF3N9O/c1-24(16-3-6-36(34-16)23(27)28)9-13(14-11-31-18-8-17(26)35-37(18)20(14)24)22(38)33-12-7-15(25)19(32-10-12)21-29-4-2-5-30-21/h2-8,10-11,13,23H,9H2,1H3,(H,33,38)/t13-,24-/m1/s1. The van der Waals surface area contributed by atoms with Crippen molar-refractivity contribution in [2.75, 3.05) is 5.32 Å². The number of amides is 1. The van der Waals surface area contributed by atoms with Gasteiger partial charge >= 0.3 is 6.55 Å². The summed E-state index contributed by atoms with van der Waals surface area (Å²) in [5.41, 5.74) is 1.05. The fraction of sp³-hybridized carbons (Fsp3) is 0.208. The fourth-order valence-corrected chi connectivity index (χ4v) is 5.11. The van der Waals surface area contributed by atoms with Gasteiger partial charge in [-0.25, -0.2) is 29.1 Å². The minimum atomic E-state index is -2.84. The number of anilines is 1. The summed E-state index contributed by atoms with van der Waals surface area (Å²) < 4.78 is 42.5. The van der Waals surface area contributed by atoms with Crippen LogP contribution in [0.5, 0.6) is 0 Å². The molecule has 10 nitrogen and oxygen atoms in total. The summed E-state index contributed by atoms with van der Waals surface area (Å²) in [4.78, 5) is 30.3. The SMILES string of the molecule is C[C@]1(c2ccn(C(F)F)n2)C[C@@H](C(=O)Nc2cnc(-c3ncccn3)c(Cl)c2)c2cnc3cc(F)nn3c21. The van der Waals surface area contributed by atoms with E-state index in [0.717, 1.165) is 12.3 Å². The van der Waals surface area contributed by atoms with Crippen molar-refractivity contribution in [2.24, 2.45) is 0 Å². The van der Waals surface area contributed by atoms with Crippen molar-refractivity contribution in [2.45, 2.75) is 31.2 Å². The van der Waals surface area contributed by atoms with E-state index in [2.05, 4.69) is 35.5 Å². The number of pyridine rings is 1. The zero-order chi connectivity index (χ0) is 26.6. The summed E-state index contributed by atoms with van der Waals surface area (Å²) in [6, 6.07) is 5.80. The van der Waals surface area contributed by atoms with E-state index in [-0.39, 0.29) is 22.8 Å². The largest absolute Gasteiger partial charge is 0.333 e. The average Bonchev–Trinajstić information content (AvgIpc) is 3.60. The monoisotopic (exact) mass is 539 g/mol. The maximum atomic E-state index is 14.1. The molecule has 1 N–H and O–H groups in total. The van der Waals surface area contributed by atoms with E-state index in [1.165, 1.54) is 29.0 Å². The van der Waals surface area contributed by atoms with Gasteiger partial charge in [-0.05, 0) is 31.5 Å². The van der Waals surface area contributed by atoms with E-state index in [1.54, 1.807) is 25.4 Å². The highest BCUT2D eigenvalue weighted by molar-refractivity contribution is 6.33. The summed E-state index contributed by atoms with van der Waals surface area (Å²) >= 11 is 6.39. The Kier molecular flexibility index (Phi) is 5.60. The van der Waals surface area contributed by atoms with Gasteiger partial charge in [-0.2, -0.15) is 18.3 Å². The molecular formula is C24H17ClF3N9O. The Morgan fingerprint density at radius 1 is 1.16 bits per heavy atom. The second-order valence-corrected chi connectivity index (χ2v) is 9.37. The molecule has 5 aromatic rings. The lowest BCUT2D eigenvalue weighted by Crippen LogP contribution is -2.26. The maximum absolute atomic E-state index is 14.1. The van der Waals surface area contributed by atoms with Crippen LogP contribution in [0.25, 0.3) is 17.2 Å². The third-order valence-corrected chi connectivity index (χ3v) is 6.86. The van der Waals surface area contributed by atoms with E-state index < -0.39 is 29.7 Å².